The molecular weight excluding hydrogens is 264 g/mol. The van der Waals surface area contributed by atoms with E-state index in [9.17, 15) is 13.2 Å². The van der Waals surface area contributed by atoms with E-state index < -0.39 is 21.7 Å². The van der Waals surface area contributed by atoms with Gasteiger partial charge in [-0.3, -0.25) is 4.79 Å². The van der Waals surface area contributed by atoms with Crippen molar-refractivity contribution in [3.63, 3.8) is 0 Å². The van der Waals surface area contributed by atoms with Gasteiger partial charge in [0.15, 0.2) is 9.84 Å². The van der Waals surface area contributed by atoms with Gasteiger partial charge < -0.3 is 5.11 Å². The predicted octanol–water partition coefficient (Wildman–Crippen LogP) is 2.35. The number of carboxylic acid groups (broad SMARTS) is 1. The zero-order chi connectivity index (χ0) is 14.5. The number of hydrogen-bond donors (Lipinski definition) is 1. The van der Waals surface area contributed by atoms with E-state index in [0.717, 1.165) is 5.56 Å². The molecule has 0 aliphatic rings. The van der Waals surface area contributed by atoms with Crippen LogP contribution < -0.4 is 0 Å². The van der Waals surface area contributed by atoms with Crippen LogP contribution in [-0.4, -0.2) is 25.2 Å². The number of carboxylic acids is 1. The molecule has 1 unspecified atom stereocenters. The zero-order valence-electron chi connectivity index (χ0n) is 11.2. The second-order valence-corrected chi connectivity index (χ2v) is 7.24. The molecule has 0 spiro atoms. The van der Waals surface area contributed by atoms with Gasteiger partial charge in [0.2, 0.25) is 0 Å². The van der Waals surface area contributed by atoms with Gasteiger partial charge in [-0.05, 0) is 17.9 Å². The van der Waals surface area contributed by atoms with Crippen LogP contribution in [0.25, 0.3) is 0 Å². The summed E-state index contributed by atoms with van der Waals surface area (Å²) in [7, 11) is -3.26. The summed E-state index contributed by atoms with van der Waals surface area (Å²) in [6.07, 6.45) is 0.169. The molecular formula is C14H20O4S. The molecule has 0 aliphatic heterocycles. The van der Waals surface area contributed by atoms with Crippen molar-refractivity contribution in [2.75, 3.05) is 5.75 Å². The van der Waals surface area contributed by atoms with Crippen molar-refractivity contribution in [2.24, 2.45) is 11.8 Å². The topological polar surface area (TPSA) is 71.4 Å². The van der Waals surface area contributed by atoms with Crippen LogP contribution in [0.2, 0.25) is 0 Å². The predicted molar refractivity (Wildman–Crippen MR) is 74.5 cm³/mol. The van der Waals surface area contributed by atoms with Crippen LogP contribution in [0.1, 0.15) is 25.8 Å². The Bertz CT molecular complexity index is 506. The maximum Gasteiger partial charge on any atom is 0.306 e. The third-order valence-electron chi connectivity index (χ3n) is 3.09. The van der Waals surface area contributed by atoms with Gasteiger partial charge in [0.1, 0.15) is 0 Å². The minimum Gasteiger partial charge on any atom is -0.481 e. The molecule has 0 aromatic heterocycles. The van der Waals surface area contributed by atoms with Crippen LogP contribution in [0.3, 0.4) is 0 Å². The van der Waals surface area contributed by atoms with Gasteiger partial charge in [-0.15, -0.1) is 0 Å². The fourth-order valence-corrected chi connectivity index (χ4v) is 3.41. The molecule has 0 radical (unpaired) electrons. The summed E-state index contributed by atoms with van der Waals surface area (Å²) in [4.78, 5) is 11.0. The molecule has 0 fully saturated rings. The molecule has 0 heterocycles. The Morgan fingerprint density at radius 2 is 1.79 bits per heavy atom. The summed E-state index contributed by atoms with van der Waals surface area (Å²) >= 11 is 0. The Balaban J connectivity index is 2.63. The minimum absolute atomic E-state index is 0.0295. The van der Waals surface area contributed by atoms with Crippen LogP contribution in [0.15, 0.2) is 30.3 Å². The minimum atomic E-state index is -3.26. The number of hydrogen-bond acceptors (Lipinski definition) is 3. The molecule has 0 amide bonds. The fourth-order valence-electron chi connectivity index (χ4n) is 1.95. The van der Waals surface area contributed by atoms with E-state index in [2.05, 4.69) is 0 Å². The first kappa shape index (κ1) is 15.7. The lowest BCUT2D eigenvalue weighted by atomic mass is 9.94. The molecule has 5 heteroatoms. The molecule has 0 aliphatic carbocycles. The average Bonchev–Trinajstić information content (AvgIpc) is 2.28. The Morgan fingerprint density at radius 1 is 1.21 bits per heavy atom. The fraction of sp³-hybridized carbons (Fsp3) is 0.500. The number of aliphatic carboxylic acids is 1. The first-order valence-corrected chi connectivity index (χ1v) is 8.11. The molecule has 1 aromatic rings. The van der Waals surface area contributed by atoms with E-state index >= 15 is 0 Å². The molecule has 106 valence electrons. The molecule has 1 rings (SSSR count). The highest BCUT2D eigenvalue weighted by molar-refractivity contribution is 7.90. The summed E-state index contributed by atoms with van der Waals surface area (Å²) in [5.74, 6) is -1.71. The first-order valence-electron chi connectivity index (χ1n) is 6.29. The van der Waals surface area contributed by atoms with Gasteiger partial charge in [0.25, 0.3) is 0 Å². The van der Waals surface area contributed by atoms with Gasteiger partial charge in [-0.25, -0.2) is 8.42 Å². The lowest BCUT2D eigenvalue weighted by Crippen LogP contribution is -2.23. The Hall–Kier alpha value is -1.36. The van der Waals surface area contributed by atoms with E-state index in [4.69, 9.17) is 5.11 Å². The number of carbonyl (C=O) groups is 1. The highest BCUT2D eigenvalue weighted by Crippen LogP contribution is 2.18. The van der Waals surface area contributed by atoms with Gasteiger partial charge in [0.05, 0.1) is 17.4 Å². The largest absolute Gasteiger partial charge is 0.481 e. The average molecular weight is 284 g/mol. The summed E-state index contributed by atoms with van der Waals surface area (Å²) in [6.45, 7) is 3.59. The molecule has 0 saturated carbocycles. The Labute approximate surface area is 114 Å². The van der Waals surface area contributed by atoms with Gasteiger partial charge in [-0.1, -0.05) is 44.2 Å². The zero-order valence-corrected chi connectivity index (χ0v) is 12.1. The second kappa shape index (κ2) is 6.70. The SMILES string of the molecule is CC(C)C(CCS(=O)(=O)Cc1ccccc1)C(=O)O. The van der Waals surface area contributed by atoms with Crippen LogP contribution in [0, 0.1) is 11.8 Å². The van der Waals surface area contributed by atoms with E-state index in [-0.39, 0.29) is 23.8 Å². The quantitative estimate of drug-likeness (QED) is 0.834. The van der Waals surface area contributed by atoms with Crippen LogP contribution in [-0.2, 0) is 20.4 Å². The third kappa shape index (κ3) is 5.42. The van der Waals surface area contributed by atoms with Crippen molar-refractivity contribution in [1.29, 1.82) is 0 Å². The molecule has 19 heavy (non-hydrogen) atoms. The number of rotatable bonds is 7. The number of sulfone groups is 1. The summed E-state index contributed by atoms with van der Waals surface area (Å²) < 4.78 is 23.9. The lowest BCUT2D eigenvalue weighted by Gasteiger charge is -2.15. The molecule has 1 atom stereocenters. The van der Waals surface area contributed by atoms with Gasteiger partial charge in [0, 0.05) is 0 Å². The van der Waals surface area contributed by atoms with Gasteiger partial charge in [-0.2, -0.15) is 0 Å². The van der Waals surface area contributed by atoms with Crippen molar-refractivity contribution in [2.45, 2.75) is 26.0 Å². The van der Waals surface area contributed by atoms with Crippen molar-refractivity contribution in [3.05, 3.63) is 35.9 Å². The molecule has 0 bridgehead atoms. The van der Waals surface area contributed by atoms with Crippen LogP contribution in [0.5, 0.6) is 0 Å². The maximum atomic E-state index is 12.0. The second-order valence-electron chi connectivity index (χ2n) is 5.06. The molecule has 1 N–H and O–H groups in total. The van der Waals surface area contributed by atoms with Crippen molar-refractivity contribution >= 4 is 15.8 Å². The van der Waals surface area contributed by atoms with E-state index in [1.807, 2.05) is 6.07 Å². The maximum absolute atomic E-state index is 12.0. The molecule has 0 saturated heterocycles. The van der Waals surface area contributed by atoms with Crippen molar-refractivity contribution in [1.82, 2.24) is 0 Å². The highest BCUT2D eigenvalue weighted by Gasteiger charge is 2.24. The number of benzene rings is 1. The third-order valence-corrected chi connectivity index (χ3v) is 4.72. The van der Waals surface area contributed by atoms with E-state index in [1.165, 1.54) is 0 Å². The normalized spacial score (nSPS) is 13.4. The van der Waals surface area contributed by atoms with E-state index in [0.29, 0.717) is 0 Å². The van der Waals surface area contributed by atoms with E-state index in [1.54, 1.807) is 38.1 Å². The standard InChI is InChI=1S/C14H20O4S/c1-11(2)13(14(15)16)8-9-19(17,18)10-12-6-4-3-5-7-12/h3-7,11,13H,8-10H2,1-2H3,(H,15,16). The summed E-state index contributed by atoms with van der Waals surface area (Å²) in [5, 5.41) is 9.04. The molecule has 4 nitrogen and oxygen atoms in total. The molecule has 1 aromatic carbocycles. The lowest BCUT2D eigenvalue weighted by molar-refractivity contribution is -0.143. The van der Waals surface area contributed by atoms with Crippen LogP contribution >= 0.6 is 0 Å². The summed E-state index contributed by atoms with van der Waals surface area (Å²) in [6, 6.07) is 8.93. The smallest absolute Gasteiger partial charge is 0.306 e. The summed E-state index contributed by atoms with van der Waals surface area (Å²) in [5.41, 5.74) is 0.735. The highest BCUT2D eigenvalue weighted by atomic mass is 32.2. The first-order chi connectivity index (χ1) is 8.82. The monoisotopic (exact) mass is 284 g/mol. The Kier molecular flexibility index (Phi) is 5.54. The van der Waals surface area contributed by atoms with Crippen molar-refractivity contribution < 1.29 is 18.3 Å². The Morgan fingerprint density at radius 3 is 2.26 bits per heavy atom. The van der Waals surface area contributed by atoms with Crippen molar-refractivity contribution in [3.8, 4) is 0 Å². The van der Waals surface area contributed by atoms with Crippen LogP contribution in [0.4, 0.5) is 0 Å². The van der Waals surface area contributed by atoms with Gasteiger partial charge >= 0.3 is 5.97 Å².